The van der Waals surface area contributed by atoms with Gasteiger partial charge in [-0.1, -0.05) is 6.92 Å². The summed E-state index contributed by atoms with van der Waals surface area (Å²) in [6.07, 6.45) is 4.59. The van der Waals surface area contributed by atoms with E-state index in [1.165, 1.54) is 12.8 Å². The van der Waals surface area contributed by atoms with Crippen LogP contribution in [-0.4, -0.2) is 53.2 Å². The van der Waals surface area contributed by atoms with Gasteiger partial charge in [-0.15, -0.1) is 0 Å². The Bertz CT molecular complexity index is 120. The third kappa shape index (κ3) is 15.8. The smallest absolute Gasteiger partial charge is 0.0700 e. The molecule has 0 heterocycles. The second kappa shape index (κ2) is 15.8. The van der Waals surface area contributed by atoms with Gasteiger partial charge in [0.15, 0.2) is 0 Å². The molecule has 0 unspecified atom stereocenters. The van der Waals surface area contributed by atoms with Crippen LogP contribution in [0.3, 0.4) is 0 Å². The number of nitrogens with one attached hydrogen (secondary N) is 1. The van der Waals surface area contributed by atoms with Crippen molar-refractivity contribution in [2.45, 2.75) is 32.6 Å². The maximum Gasteiger partial charge on any atom is 0.0700 e. The summed E-state index contributed by atoms with van der Waals surface area (Å²) < 4.78 is 15.8. The van der Waals surface area contributed by atoms with Crippen LogP contribution in [0.15, 0.2) is 0 Å². The highest BCUT2D eigenvalue weighted by atomic mass is 16.5. The molecule has 0 spiro atoms. The molecule has 0 aromatic carbocycles. The molecule has 0 aliphatic carbocycles. The summed E-state index contributed by atoms with van der Waals surface area (Å²) >= 11 is 0. The quantitative estimate of drug-likeness (QED) is 0.475. The van der Waals surface area contributed by atoms with Crippen LogP contribution < -0.4 is 5.32 Å². The molecule has 1 N–H and O–H groups in total. The van der Waals surface area contributed by atoms with Crippen LogP contribution >= 0.6 is 0 Å². The van der Waals surface area contributed by atoms with E-state index in [1.807, 2.05) is 0 Å². The molecule has 0 aromatic heterocycles. The minimum atomic E-state index is 0.696. The fraction of sp³-hybridized carbons (Fsp3) is 1.00. The first-order valence-corrected chi connectivity index (χ1v) is 6.77. The molecule has 0 atom stereocenters. The number of unbranched alkanes of at least 4 members (excludes halogenated alkanes) is 2. The second-order valence-electron chi connectivity index (χ2n) is 3.99. The van der Waals surface area contributed by atoms with Crippen LogP contribution in [-0.2, 0) is 14.2 Å². The summed E-state index contributed by atoms with van der Waals surface area (Å²) in [5.74, 6) is 0. The third-order valence-corrected chi connectivity index (χ3v) is 2.40. The maximum atomic E-state index is 5.47. The van der Waals surface area contributed by atoms with Gasteiger partial charge in [-0.05, 0) is 38.8 Å². The van der Waals surface area contributed by atoms with E-state index in [4.69, 9.17) is 14.2 Å². The van der Waals surface area contributed by atoms with E-state index in [-0.39, 0.29) is 0 Å². The number of hydrogen-bond donors (Lipinski definition) is 1. The fourth-order valence-electron chi connectivity index (χ4n) is 1.43. The highest BCUT2D eigenvalue weighted by Gasteiger charge is 1.92. The topological polar surface area (TPSA) is 39.7 Å². The average molecular weight is 247 g/mol. The highest BCUT2D eigenvalue weighted by molar-refractivity contribution is 4.45. The summed E-state index contributed by atoms with van der Waals surface area (Å²) in [7, 11) is 1.71. The van der Waals surface area contributed by atoms with E-state index >= 15 is 0 Å². The summed E-state index contributed by atoms with van der Waals surface area (Å²) in [6, 6.07) is 0. The standard InChI is InChI=1S/C13H29NO3/c1-3-14-8-5-4-6-10-16-12-13-17-11-7-9-15-2/h14H,3-13H2,1-2H3. The van der Waals surface area contributed by atoms with Crippen molar-refractivity contribution in [3.63, 3.8) is 0 Å². The molecule has 0 aliphatic rings. The molecule has 4 heteroatoms. The second-order valence-corrected chi connectivity index (χ2v) is 3.99. The first-order valence-electron chi connectivity index (χ1n) is 6.77. The molecule has 0 amide bonds. The summed E-state index contributed by atoms with van der Waals surface area (Å²) in [5.41, 5.74) is 0. The molecule has 0 saturated heterocycles. The van der Waals surface area contributed by atoms with Crippen molar-refractivity contribution in [3.05, 3.63) is 0 Å². The van der Waals surface area contributed by atoms with Gasteiger partial charge >= 0.3 is 0 Å². The lowest BCUT2D eigenvalue weighted by Gasteiger charge is -2.06. The zero-order valence-electron chi connectivity index (χ0n) is 11.5. The Kier molecular flexibility index (Phi) is 15.7. The predicted molar refractivity (Wildman–Crippen MR) is 70.5 cm³/mol. The minimum Gasteiger partial charge on any atom is -0.385 e. The maximum absolute atomic E-state index is 5.47. The lowest BCUT2D eigenvalue weighted by atomic mass is 10.2. The zero-order valence-corrected chi connectivity index (χ0v) is 11.5. The predicted octanol–water partition coefficient (Wildman–Crippen LogP) is 1.84. The molecule has 0 fully saturated rings. The van der Waals surface area contributed by atoms with Crippen molar-refractivity contribution in [1.82, 2.24) is 5.32 Å². The highest BCUT2D eigenvalue weighted by Crippen LogP contribution is 1.94. The van der Waals surface area contributed by atoms with Crippen LogP contribution in [0, 0.1) is 0 Å². The molecule has 0 radical (unpaired) electrons. The van der Waals surface area contributed by atoms with Crippen molar-refractivity contribution in [2.75, 3.05) is 53.2 Å². The van der Waals surface area contributed by atoms with Gasteiger partial charge in [0.05, 0.1) is 13.2 Å². The molecular formula is C13H29NO3. The molecule has 0 aromatic rings. The first kappa shape index (κ1) is 16.8. The van der Waals surface area contributed by atoms with Crippen molar-refractivity contribution < 1.29 is 14.2 Å². The molecule has 4 nitrogen and oxygen atoms in total. The number of methoxy groups -OCH3 is 1. The number of hydrogen-bond acceptors (Lipinski definition) is 4. The van der Waals surface area contributed by atoms with Gasteiger partial charge in [0.25, 0.3) is 0 Å². The zero-order chi connectivity index (χ0) is 12.6. The normalized spacial score (nSPS) is 10.9. The largest absolute Gasteiger partial charge is 0.385 e. The average Bonchev–Trinajstić information content (AvgIpc) is 2.35. The van der Waals surface area contributed by atoms with E-state index in [1.54, 1.807) is 7.11 Å². The first-order chi connectivity index (χ1) is 8.41. The molecule has 0 saturated carbocycles. The van der Waals surface area contributed by atoms with Crippen molar-refractivity contribution in [3.8, 4) is 0 Å². The van der Waals surface area contributed by atoms with E-state index in [9.17, 15) is 0 Å². The lowest BCUT2D eigenvalue weighted by molar-refractivity contribution is 0.0387. The van der Waals surface area contributed by atoms with Gasteiger partial charge in [0, 0.05) is 26.9 Å². The van der Waals surface area contributed by atoms with Gasteiger partial charge in [-0.25, -0.2) is 0 Å². The van der Waals surface area contributed by atoms with E-state index in [0.29, 0.717) is 13.2 Å². The fourth-order valence-corrected chi connectivity index (χ4v) is 1.43. The molecule has 0 bridgehead atoms. The van der Waals surface area contributed by atoms with E-state index in [2.05, 4.69) is 12.2 Å². The van der Waals surface area contributed by atoms with Gasteiger partial charge < -0.3 is 19.5 Å². The van der Waals surface area contributed by atoms with E-state index in [0.717, 1.165) is 45.8 Å². The van der Waals surface area contributed by atoms with Gasteiger partial charge in [0.1, 0.15) is 0 Å². The van der Waals surface area contributed by atoms with Gasteiger partial charge in [-0.2, -0.15) is 0 Å². The van der Waals surface area contributed by atoms with Crippen LogP contribution in [0.2, 0.25) is 0 Å². The summed E-state index contributed by atoms with van der Waals surface area (Å²) in [4.78, 5) is 0. The molecular weight excluding hydrogens is 218 g/mol. The molecule has 17 heavy (non-hydrogen) atoms. The number of ether oxygens (including phenoxy) is 3. The summed E-state index contributed by atoms with van der Waals surface area (Å²) in [5, 5.41) is 3.31. The SMILES string of the molecule is CCNCCCCCOCCOCCCOC. The Balaban J connectivity index is 2.85. The van der Waals surface area contributed by atoms with Crippen molar-refractivity contribution in [1.29, 1.82) is 0 Å². The van der Waals surface area contributed by atoms with Crippen molar-refractivity contribution in [2.24, 2.45) is 0 Å². The minimum absolute atomic E-state index is 0.696. The van der Waals surface area contributed by atoms with Crippen LogP contribution in [0.5, 0.6) is 0 Å². The molecule has 0 rings (SSSR count). The Morgan fingerprint density at radius 1 is 0.765 bits per heavy atom. The van der Waals surface area contributed by atoms with Gasteiger partial charge in [-0.3, -0.25) is 0 Å². The summed E-state index contributed by atoms with van der Waals surface area (Å²) in [6.45, 7) is 8.12. The monoisotopic (exact) mass is 247 g/mol. The van der Waals surface area contributed by atoms with Crippen molar-refractivity contribution >= 4 is 0 Å². The van der Waals surface area contributed by atoms with Crippen LogP contribution in [0.25, 0.3) is 0 Å². The third-order valence-electron chi connectivity index (χ3n) is 2.40. The number of rotatable bonds is 14. The Morgan fingerprint density at radius 3 is 2.12 bits per heavy atom. The van der Waals surface area contributed by atoms with E-state index < -0.39 is 0 Å². The van der Waals surface area contributed by atoms with Crippen LogP contribution in [0.1, 0.15) is 32.6 Å². The van der Waals surface area contributed by atoms with Crippen LogP contribution in [0.4, 0.5) is 0 Å². The lowest BCUT2D eigenvalue weighted by Crippen LogP contribution is -2.14. The molecule has 104 valence electrons. The Hall–Kier alpha value is -0.160. The van der Waals surface area contributed by atoms with Gasteiger partial charge in [0.2, 0.25) is 0 Å². The Labute approximate surface area is 106 Å². The molecule has 0 aliphatic heterocycles. The Morgan fingerprint density at radius 2 is 1.47 bits per heavy atom.